The van der Waals surface area contributed by atoms with Crippen LogP contribution < -0.4 is 10.2 Å². The molecule has 2 heterocycles. The average Bonchev–Trinajstić information content (AvgIpc) is 2.29. The molecule has 1 aromatic carbocycles. The van der Waals surface area contributed by atoms with Gasteiger partial charge < -0.3 is 9.30 Å². The zero-order valence-electron chi connectivity index (χ0n) is 9.36. The summed E-state index contributed by atoms with van der Waals surface area (Å²) < 4.78 is 7.79. The molecule has 82 valence electrons. The molecule has 0 N–H and O–H groups in total. The maximum atomic E-state index is 12.0. The summed E-state index contributed by atoms with van der Waals surface area (Å²) in [7, 11) is 0. The van der Waals surface area contributed by atoms with E-state index in [1.807, 2.05) is 31.3 Å². The Labute approximate surface area is 93.3 Å². The topological polar surface area (TPSA) is 31.2 Å². The number of para-hydroxylation sites is 1. The number of rotatable bonds is 0. The normalized spacial score (nSPS) is 18.5. The van der Waals surface area contributed by atoms with Crippen molar-refractivity contribution in [1.82, 2.24) is 4.57 Å². The predicted molar refractivity (Wildman–Crippen MR) is 63.2 cm³/mol. The third kappa shape index (κ3) is 1.11. The molecular formula is C13H13NO2. The molecule has 0 aliphatic carbocycles. The van der Waals surface area contributed by atoms with E-state index < -0.39 is 0 Å². The summed E-state index contributed by atoms with van der Waals surface area (Å²) >= 11 is 0. The summed E-state index contributed by atoms with van der Waals surface area (Å²) in [5.74, 6) is 0.813. The quantitative estimate of drug-likeness (QED) is 0.675. The van der Waals surface area contributed by atoms with Crippen LogP contribution in [0.3, 0.4) is 0 Å². The first kappa shape index (κ1) is 9.46. The van der Waals surface area contributed by atoms with Gasteiger partial charge in [0.1, 0.15) is 12.4 Å². The highest BCUT2D eigenvalue weighted by molar-refractivity contribution is 5.85. The van der Waals surface area contributed by atoms with Gasteiger partial charge in [0.05, 0.1) is 11.6 Å². The second-order valence-electron chi connectivity index (χ2n) is 4.36. The van der Waals surface area contributed by atoms with Crippen LogP contribution in [-0.4, -0.2) is 11.2 Å². The number of nitrogens with zero attached hydrogens (tertiary/aromatic N) is 1. The van der Waals surface area contributed by atoms with Crippen LogP contribution in [0.2, 0.25) is 0 Å². The number of pyridine rings is 1. The van der Waals surface area contributed by atoms with Crippen LogP contribution in [0.25, 0.3) is 10.9 Å². The molecule has 16 heavy (non-hydrogen) atoms. The summed E-state index contributed by atoms with van der Waals surface area (Å²) in [6.45, 7) is 4.62. The summed E-state index contributed by atoms with van der Waals surface area (Å²) in [5.41, 5.74) is 1.82. The fourth-order valence-electron chi connectivity index (χ4n) is 2.27. The molecular weight excluding hydrogens is 202 g/mol. The molecule has 0 amide bonds. The molecule has 0 saturated carbocycles. The van der Waals surface area contributed by atoms with Crippen molar-refractivity contribution in [2.75, 3.05) is 6.61 Å². The third-order valence-corrected chi connectivity index (χ3v) is 3.15. The SMILES string of the molecule is Cc1cn2c3c(cccc3c1=O)OCC2C. The maximum Gasteiger partial charge on any atom is 0.192 e. The van der Waals surface area contributed by atoms with E-state index in [1.54, 1.807) is 0 Å². The van der Waals surface area contributed by atoms with Crippen LogP contribution in [0, 0.1) is 6.92 Å². The Kier molecular flexibility index (Phi) is 1.84. The van der Waals surface area contributed by atoms with Gasteiger partial charge in [0.15, 0.2) is 5.43 Å². The molecule has 3 nitrogen and oxygen atoms in total. The first-order chi connectivity index (χ1) is 7.68. The fourth-order valence-corrected chi connectivity index (χ4v) is 2.27. The molecule has 0 fully saturated rings. The first-order valence-corrected chi connectivity index (χ1v) is 5.46. The standard InChI is InChI=1S/C13H13NO2/c1-8-6-14-9(2)7-16-11-5-3-4-10(12(11)14)13(8)15/h3-6,9H,7H2,1-2H3. The Morgan fingerprint density at radius 3 is 3.06 bits per heavy atom. The first-order valence-electron chi connectivity index (χ1n) is 5.46. The van der Waals surface area contributed by atoms with Gasteiger partial charge in [-0.25, -0.2) is 0 Å². The van der Waals surface area contributed by atoms with Crippen LogP contribution >= 0.6 is 0 Å². The lowest BCUT2D eigenvalue weighted by Gasteiger charge is -2.26. The lowest BCUT2D eigenvalue weighted by Crippen LogP contribution is -2.23. The van der Waals surface area contributed by atoms with Gasteiger partial charge in [0.25, 0.3) is 0 Å². The molecule has 0 saturated heterocycles. The number of ether oxygens (including phenoxy) is 1. The Hall–Kier alpha value is -1.77. The van der Waals surface area contributed by atoms with E-state index in [-0.39, 0.29) is 11.5 Å². The second-order valence-corrected chi connectivity index (χ2v) is 4.36. The second kappa shape index (κ2) is 3.11. The van der Waals surface area contributed by atoms with E-state index in [1.165, 1.54) is 0 Å². The summed E-state index contributed by atoms with van der Waals surface area (Å²) in [5, 5.41) is 0.754. The number of aromatic nitrogens is 1. The van der Waals surface area contributed by atoms with Gasteiger partial charge in [-0.1, -0.05) is 6.07 Å². The van der Waals surface area contributed by atoms with Crippen molar-refractivity contribution in [1.29, 1.82) is 0 Å². The Morgan fingerprint density at radius 2 is 2.25 bits per heavy atom. The van der Waals surface area contributed by atoms with E-state index >= 15 is 0 Å². The minimum absolute atomic E-state index is 0.103. The predicted octanol–water partition coefficient (Wildman–Crippen LogP) is 2.26. The zero-order chi connectivity index (χ0) is 11.3. The summed E-state index contributed by atoms with van der Waals surface area (Å²) in [6, 6.07) is 5.93. The minimum atomic E-state index is 0.103. The van der Waals surface area contributed by atoms with Crippen LogP contribution in [-0.2, 0) is 0 Å². The van der Waals surface area contributed by atoms with Gasteiger partial charge in [-0.3, -0.25) is 4.79 Å². The van der Waals surface area contributed by atoms with Crippen molar-refractivity contribution in [2.45, 2.75) is 19.9 Å². The maximum absolute atomic E-state index is 12.0. The molecule has 2 aromatic rings. The highest BCUT2D eigenvalue weighted by Crippen LogP contribution is 2.30. The van der Waals surface area contributed by atoms with Crippen molar-refractivity contribution < 1.29 is 4.74 Å². The van der Waals surface area contributed by atoms with E-state index in [2.05, 4.69) is 11.5 Å². The van der Waals surface area contributed by atoms with Gasteiger partial charge >= 0.3 is 0 Å². The zero-order valence-corrected chi connectivity index (χ0v) is 9.36. The van der Waals surface area contributed by atoms with Crippen LogP contribution in [0.5, 0.6) is 5.75 Å². The molecule has 1 unspecified atom stereocenters. The Bertz CT molecular complexity index is 628. The van der Waals surface area contributed by atoms with Crippen molar-refractivity contribution in [2.24, 2.45) is 0 Å². The highest BCUT2D eigenvalue weighted by atomic mass is 16.5. The lowest BCUT2D eigenvalue weighted by molar-refractivity contribution is 0.247. The molecule has 0 spiro atoms. The van der Waals surface area contributed by atoms with Crippen molar-refractivity contribution in [3.05, 3.63) is 40.2 Å². The minimum Gasteiger partial charge on any atom is -0.489 e. The molecule has 3 rings (SSSR count). The Balaban J connectivity index is 2.56. The number of aryl methyl sites for hydroxylation is 1. The van der Waals surface area contributed by atoms with E-state index in [0.29, 0.717) is 6.61 Å². The highest BCUT2D eigenvalue weighted by Gasteiger charge is 2.19. The van der Waals surface area contributed by atoms with Gasteiger partial charge in [0, 0.05) is 17.1 Å². The summed E-state index contributed by atoms with van der Waals surface area (Å²) in [6.07, 6.45) is 1.93. The largest absolute Gasteiger partial charge is 0.489 e. The van der Waals surface area contributed by atoms with E-state index in [0.717, 1.165) is 22.2 Å². The van der Waals surface area contributed by atoms with E-state index in [4.69, 9.17) is 4.74 Å². The molecule has 0 bridgehead atoms. The molecule has 3 heteroatoms. The van der Waals surface area contributed by atoms with Crippen LogP contribution in [0.15, 0.2) is 29.2 Å². The smallest absolute Gasteiger partial charge is 0.192 e. The third-order valence-electron chi connectivity index (χ3n) is 3.15. The number of hydrogen-bond donors (Lipinski definition) is 0. The van der Waals surface area contributed by atoms with Crippen molar-refractivity contribution >= 4 is 10.9 Å². The van der Waals surface area contributed by atoms with Crippen molar-refractivity contribution in [3.63, 3.8) is 0 Å². The summed E-state index contributed by atoms with van der Waals surface area (Å²) in [4.78, 5) is 12.0. The molecule has 1 atom stereocenters. The van der Waals surface area contributed by atoms with Gasteiger partial charge in [-0.2, -0.15) is 0 Å². The van der Waals surface area contributed by atoms with Crippen LogP contribution in [0.1, 0.15) is 18.5 Å². The lowest BCUT2D eigenvalue weighted by atomic mass is 10.1. The molecule has 1 aromatic heterocycles. The fraction of sp³-hybridized carbons (Fsp3) is 0.308. The van der Waals surface area contributed by atoms with E-state index in [9.17, 15) is 4.79 Å². The van der Waals surface area contributed by atoms with Gasteiger partial charge in [-0.05, 0) is 26.0 Å². The van der Waals surface area contributed by atoms with Crippen molar-refractivity contribution in [3.8, 4) is 5.75 Å². The Morgan fingerprint density at radius 1 is 1.44 bits per heavy atom. The molecule has 1 aliphatic heterocycles. The number of hydrogen-bond acceptors (Lipinski definition) is 2. The monoisotopic (exact) mass is 215 g/mol. The van der Waals surface area contributed by atoms with Gasteiger partial charge in [-0.15, -0.1) is 0 Å². The molecule has 1 aliphatic rings. The van der Waals surface area contributed by atoms with Crippen LogP contribution in [0.4, 0.5) is 0 Å². The number of benzene rings is 1. The van der Waals surface area contributed by atoms with Gasteiger partial charge in [0.2, 0.25) is 0 Å². The average molecular weight is 215 g/mol. The molecule has 0 radical (unpaired) electrons.